The molecule has 2 unspecified atom stereocenters. The van der Waals surface area contributed by atoms with E-state index in [9.17, 15) is 9.59 Å². The molecule has 2 atom stereocenters. The predicted octanol–water partition coefficient (Wildman–Crippen LogP) is 1.68. The summed E-state index contributed by atoms with van der Waals surface area (Å²) < 4.78 is 0. The first kappa shape index (κ1) is 13.2. The number of hydrogen-bond acceptors (Lipinski definition) is 2. The molecule has 5 nitrogen and oxygen atoms in total. The molecule has 2 fully saturated rings. The molecule has 1 aliphatic carbocycles. The number of aliphatic carboxylic acids is 1. The number of hydrogen-bond donors (Lipinski definition) is 2. The Hall–Kier alpha value is -1.26. The van der Waals surface area contributed by atoms with Crippen molar-refractivity contribution in [3.8, 4) is 0 Å². The van der Waals surface area contributed by atoms with E-state index in [0.717, 1.165) is 51.6 Å². The van der Waals surface area contributed by atoms with Crippen LogP contribution in [0, 0.1) is 11.8 Å². The van der Waals surface area contributed by atoms with Crippen molar-refractivity contribution < 1.29 is 14.7 Å². The van der Waals surface area contributed by atoms with Gasteiger partial charge in [-0.3, -0.25) is 4.79 Å². The van der Waals surface area contributed by atoms with Crippen LogP contribution in [0.2, 0.25) is 0 Å². The normalized spacial score (nSPS) is 28.1. The van der Waals surface area contributed by atoms with Crippen molar-refractivity contribution >= 4 is 12.0 Å². The number of likely N-dealkylation sites (tertiary alicyclic amines) is 1. The Balaban J connectivity index is 1.80. The van der Waals surface area contributed by atoms with E-state index in [1.54, 1.807) is 0 Å². The van der Waals surface area contributed by atoms with Crippen molar-refractivity contribution in [2.45, 2.75) is 38.5 Å². The molecule has 0 bridgehead atoms. The maximum absolute atomic E-state index is 11.8. The Morgan fingerprint density at radius 3 is 2.44 bits per heavy atom. The lowest BCUT2D eigenvalue weighted by Gasteiger charge is -2.29. The minimum atomic E-state index is -0.713. The second-order valence-electron chi connectivity index (χ2n) is 5.37. The molecule has 2 amide bonds. The molecular formula is C13H22N2O3. The molecule has 2 aliphatic rings. The van der Waals surface area contributed by atoms with Gasteiger partial charge in [-0.05, 0) is 31.6 Å². The molecule has 0 aromatic heterocycles. The van der Waals surface area contributed by atoms with Crippen molar-refractivity contribution in [3.63, 3.8) is 0 Å². The number of rotatable bonds is 3. The number of urea groups is 1. The summed E-state index contributed by atoms with van der Waals surface area (Å²) in [6, 6.07) is -0.0257. The van der Waals surface area contributed by atoms with E-state index in [1.165, 1.54) is 0 Å². The minimum Gasteiger partial charge on any atom is -0.481 e. The average molecular weight is 254 g/mol. The van der Waals surface area contributed by atoms with E-state index in [2.05, 4.69) is 5.32 Å². The molecule has 1 aliphatic heterocycles. The van der Waals surface area contributed by atoms with Gasteiger partial charge in [0.2, 0.25) is 0 Å². The molecule has 18 heavy (non-hydrogen) atoms. The lowest BCUT2D eigenvalue weighted by Crippen LogP contribution is -2.43. The summed E-state index contributed by atoms with van der Waals surface area (Å²) in [4.78, 5) is 24.8. The Labute approximate surface area is 108 Å². The molecule has 5 heteroatoms. The second kappa shape index (κ2) is 6.07. The Morgan fingerprint density at radius 2 is 1.78 bits per heavy atom. The number of nitrogens with one attached hydrogen (secondary N) is 1. The standard InChI is InChI=1S/C13H22N2O3/c16-12(17)11-6-2-1-5-10(11)9-14-13(18)15-7-3-4-8-15/h10-11H,1-9H2,(H,14,18)(H,16,17). The van der Waals surface area contributed by atoms with Gasteiger partial charge in [-0.2, -0.15) is 0 Å². The van der Waals surface area contributed by atoms with Crippen molar-refractivity contribution in [1.82, 2.24) is 10.2 Å². The van der Waals surface area contributed by atoms with Crippen LogP contribution in [0.1, 0.15) is 38.5 Å². The molecule has 102 valence electrons. The predicted molar refractivity (Wildman–Crippen MR) is 67.3 cm³/mol. The maximum Gasteiger partial charge on any atom is 0.317 e. The Kier molecular flexibility index (Phi) is 4.44. The first-order valence-electron chi connectivity index (χ1n) is 6.94. The van der Waals surface area contributed by atoms with Crippen LogP contribution >= 0.6 is 0 Å². The summed E-state index contributed by atoms with van der Waals surface area (Å²) in [5.41, 5.74) is 0. The summed E-state index contributed by atoms with van der Waals surface area (Å²) in [6.45, 7) is 2.17. The van der Waals surface area contributed by atoms with Crippen LogP contribution in [-0.2, 0) is 4.79 Å². The SMILES string of the molecule is O=C(O)C1CCCCC1CNC(=O)N1CCCC1. The van der Waals surface area contributed by atoms with Gasteiger partial charge < -0.3 is 15.3 Å². The fourth-order valence-corrected chi connectivity index (χ4v) is 3.03. The highest BCUT2D eigenvalue weighted by atomic mass is 16.4. The van der Waals surface area contributed by atoms with Crippen molar-refractivity contribution in [1.29, 1.82) is 0 Å². The van der Waals surface area contributed by atoms with Gasteiger partial charge in [0.05, 0.1) is 5.92 Å². The molecule has 0 aromatic carbocycles. The van der Waals surface area contributed by atoms with Gasteiger partial charge in [-0.25, -0.2) is 4.79 Å². The van der Waals surface area contributed by atoms with E-state index in [0.29, 0.717) is 6.54 Å². The third-order valence-electron chi connectivity index (χ3n) is 4.14. The summed E-state index contributed by atoms with van der Waals surface area (Å²) >= 11 is 0. The van der Waals surface area contributed by atoms with E-state index in [-0.39, 0.29) is 17.9 Å². The summed E-state index contributed by atoms with van der Waals surface area (Å²) in [5, 5.41) is 12.1. The van der Waals surface area contributed by atoms with Crippen LogP contribution in [0.15, 0.2) is 0 Å². The number of carboxylic acid groups (broad SMARTS) is 1. The molecule has 1 heterocycles. The third kappa shape index (κ3) is 3.15. The molecule has 0 spiro atoms. The highest BCUT2D eigenvalue weighted by Crippen LogP contribution is 2.29. The second-order valence-corrected chi connectivity index (χ2v) is 5.37. The Morgan fingerprint density at radius 1 is 1.11 bits per heavy atom. The number of carbonyl (C=O) groups excluding carboxylic acids is 1. The lowest BCUT2D eigenvalue weighted by atomic mass is 9.79. The monoisotopic (exact) mass is 254 g/mol. The molecule has 0 aromatic rings. The number of carboxylic acids is 1. The first-order valence-corrected chi connectivity index (χ1v) is 6.94. The van der Waals surface area contributed by atoms with Gasteiger partial charge in [-0.1, -0.05) is 12.8 Å². The number of amides is 2. The summed E-state index contributed by atoms with van der Waals surface area (Å²) in [6.07, 6.45) is 5.89. The van der Waals surface area contributed by atoms with E-state index in [1.807, 2.05) is 4.90 Å². The summed E-state index contributed by atoms with van der Waals surface area (Å²) in [5.74, 6) is -0.893. The number of nitrogens with zero attached hydrogens (tertiary/aromatic N) is 1. The summed E-state index contributed by atoms with van der Waals surface area (Å²) in [7, 11) is 0. The van der Waals surface area contributed by atoms with Gasteiger partial charge in [0, 0.05) is 19.6 Å². The van der Waals surface area contributed by atoms with Gasteiger partial charge in [0.15, 0.2) is 0 Å². The van der Waals surface area contributed by atoms with Gasteiger partial charge >= 0.3 is 12.0 Å². The van der Waals surface area contributed by atoms with Crippen LogP contribution in [0.25, 0.3) is 0 Å². The Bertz CT molecular complexity index is 313. The van der Waals surface area contributed by atoms with Crippen molar-refractivity contribution in [2.24, 2.45) is 11.8 Å². The van der Waals surface area contributed by atoms with Gasteiger partial charge in [-0.15, -0.1) is 0 Å². The van der Waals surface area contributed by atoms with Crippen molar-refractivity contribution in [2.75, 3.05) is 19.6 Å². The lowest BCUT2D eigenvalue weighted by molar-refractivity contribution is -0.144. The molecular weight excluding hydrogens is 232 g/mol. The third-order valence-corrected chi connectivity index (χ3v) is 4.14. The van der Waals surface area contributed by atoms with E-state index in [4.69, 9.17) is 5.11 Å². The molecule has 1 saturated heterocycles. The average Bonchev–Trinajstić information content (AvgIpc) is 2.90. The van der Waals surface area contributed by atoms with Crippen LogP contribution in [0.4, 0.5) is 4.79 Å². The quantitative estimate of drug-likeness (QED) is 0.805. The highest BCUT2D eigenvalue weighted by molar-refractivity contribution is 5.74. The maximum atomic E-state index is 11.8. The minimum absolute atomic E-state index is 0.0257. The zero-order chi connectivity index (χ0) is 13.0. The largest absolute Gasteiger partial charge is 0.481 e. The fraction of sp³-hybridized carbons (Fsp3) is 0.846. The number of carbonyl (C=O) groups is 2. The van der Waals surface area contributed by atoms with Crippen molar-refractivity contribution in [3.05, 3.63) is 0 Å². The zero-order valence-electron chi connectivity index (χ0n) is 10.7. The van der Waals surface area contributed by atoms with E-state index < -0.39 is 5.97 Å². The molecule has 2 rings (SSSR count). The van der Waals surface area contributed by atoms with Crippen LogP contribution in [0.5, 0.6) is 0 Å². The zero-order valence-corrected chi connectivity index (χ0v) is 10.7. The van der Waals surface area contributed by atoms with Crippen LogP contribution < -0.4 is 5.32 Å². The van der Waals surface area contributed by atoms with Crippen LogP contribution in [0.3, 0.4) is 0 Å². The molecule has 2 N–H and O–H groups in total. The van der Waals surface area contributed by atoms with E-state index >= 15 is 0 Å². The smallest absolute Gasteiger partial charge is 0.317 e. The highest BCUT2D eigenvalue weighted by Gasteiger charge is 2.31. The van der Waals surface area contributed by atoms with Gasteiger partial charge in [0.25, 0.3) is 0 Å². The van der Waals surface area contributed by atoms with Gasteiger partial charge in [0.1, 0.15) is 0 Å². The topological polar surface area (TPSA) is 69.6 Å². The van der Waals surface area contributed by atoms with Crippen LogP contribution in [-0.4, -0.2) is 41.6 Å². The molecule has 1 saturated carbocycles. The molecule has 0 radical (unpaired) electrons. The fourth-order valence-electron chi connectivity index (χ4n) is 3.03. The first-order chi connectivity index (χ1) is 8.68.